The van der Waals surface area contributed by atoms with Gasteiger partial charge in [-0.15, -0.1) is 0 Å². The summed E-state index contributed by atoms with van der Waals surface area (Å²) in [7, 11) is 1.69. The molecule has 0 spiro atoms. The Balaban J connectivity index is 1.91. The second kappa shape index (κ2) is 5.67. The van der Waals surface area contributed by atoms with Crippen LogP contribution in [-0.2, 0) is 4.74 Å². The molecule has 1 aliphatic rings. The molecule has 3 N–H and O–H groups in total. The highest BCUT2D eigenvalue weighted by atomic mass is 16.5. The summed E-state index contributed by atoms with van der Waals surface area (Å²) in [5, 5.41) is 3.33. The van der Waals surface area contributed by atoms with Crippen LogP contribution in [0.5, 0.6) is 0 Å². The molecular weight excluding hydrogens is 216 g/mol. The van der Waals surface area contributed by atoms with Crippen molar-refractivity contribution in [2.24, 2.45) is 11.7 Å². The van der Waals surface area contributed by atoms with E-state index in [1.165, 1.54) is 6.42 Å². The van der Waals surface area contributed by atoms with Crippen LogP contribution >= 0.6 is 0 Å². The SMILES string of the molecule is COCCNC(CN)c1ccc(C2CC2C)o1. The maximum Gasteiger partial charge on any atom is 0.122 e. The van der Waals surface area contributed by atoms with Gasteiger partial charge in [-0.05, 0) is 24.5 Å². The normalized spacial score (nSPS) is 24.9. The summed E-state index contributed by atoms with van der Waals surface area (Å²) in [6.07, 6.45) is 1.25. The van der Waals surface area contributed by atoms with Gasteiger partial charge in [0.05, 0.1) is 12.6 Å². The predicted octanol–water partition coefficient (Wildman–Crippen LogP) is 1.64. The standard InChI is InChI=1S/C13H22N2O2/c1-9-7-10(9)12-3-4-13(17-12)11(8-14)15-5-6-16-2/h3-4,9-11,15H,5-8,14H2,1-2H3. The van der Waals surface area contributed by atoms with Gasteiger partial charge in [-0.3, -0.25) is 0 Å². The van der Waals surface area contributed by atoms with Crippen molar-refractivity contribution in [1.82, 2.24) is 5.32 Å². The molecule has 1 saturated carbocycles. The molecule has 4 heteroatoms. The highest BCUT2D eigenvalue weighted by Gasteiger charge is 2.36. The first-order valence-electron chi connectivity index (χ1n) is 6.28. The fourth-order valence-corrected chi connectivity index (χ4v) is 2.11. The summed E-state index contributed by atoms with van der Waals surface area (Å²) in [6.45, 7) is 4.26. The third kappa shape index (κ3) is 3.09. The van der Waals surface area contributed by atoms with Gasteiger partial charge >= 0.3 is 0 Å². The molecule has 0 bridgehead atoms. The maximum atomic E-state index is 5.88. The smallest absolute Gasteiger partial charge is 0.122 e. The van der Waals surface area contributed by atoms with Crippen molar-refractivity contribution >= 4 is 0 Å². The topological polar surface area (TPSA) is 60.4 Å². The van der Waals surface area contributed by atoms with Gasteiger partial charge in [-0.2, -0.15) is 0 Å². The summed E-state index contributed by atoms with van der Waals surface area (Å²) < 4.78 is 10.9. The summed E-state index contributed by atoms with van der Waals surface area (Å²) in [5.41, 5.74) is 5.75. The first kappa shape index (κ1) is 12.6. The van der Waals surface area contributed by atoms with E-state index in [1.54, 1.807) is 7.11 Å². The van der Waals surface area contributed by atoms with E-state index in [4.69, 9.17) is 14.9 Å². The van der Waals surface area contributed by atoms with Crippen molar-refractivity contribution in [3.63, 3.8) is 0 Å². The fraction of sp³-hybridized carbons (Fsp3) is 0.692. The van der Waals surface area contributed by atoms with Crippen LogP contribution in [0.25, 0.3) is 0 Å². The molecule has 1 heterocycles. The largest absolute Gasteiger partial charge is 0.464 e. The average molecular weight is 238 g/mol. The van der Waals surface area contributed by atoms with E-state index in [0.29, 0.717) is 19.1 Å². The van der Waals surface area contributed by atoms with E-state index in [0.717, 1.165) is 24.0 Å². The molecule has 0 saturated heterocycles. The molecule has 17 heavy (non-hydrogen) atoms. The van der Waals surface area contributed by atoms with E-state index in [1.807, 2.05) is 6.07 Å². The Kier molecular flexibility index (Phi) is 4.20. The maximum absolute atomic E-state index is 5.88. The zero-order valence-corrected chi connectivity index (χ0v) is 10.6. The summed E-state index contributed by atoms with van der Waals surface area (Å²) in [4.78, 5) is 0. The van der Waals surface area contributed by atoms with E-state index in [-0.39, 0.29) is 6.04 Å². The summed E-state index contributed by atoms with van der Waals surface area (Å²) >= 11 is 0. The number of nitrogens with one attached hydrogen (secondary N) is 1. The Morgan fingerprint density at radius 2 is 2.35 bits per heavy atom. The van der Waals surface area contributed by atoms with Crippen LogP contribution in [0.15, 0.2) is 16.5 Å². The monoisotopic (exact) mass is 238 g/mol. The number of nitrogens with two attached hydrogens (primary N) is 1. The average Bonchev–Trinajstić information content (AvgIpc) is 2.88. The second-order valence-electron chi connectivity index (χ2n) is 4.79. The first-order valence-corrected chi connectivity index (χ1v) is 6.28. The van der Waals surface area contributed by atoms with Gasteiger partial charge in [0.2, 0.25) is 0 Å². The molecule has 1 aromatic heterocycles. The lowest BCUT2D eigenvalue weighted by Gasteiger charge is -2.13. The van der Waals surface area contributed by atoms with E-state index in [2.05, 4.69) is 18.3 Å². The highest BCUT2D eigenvalue weighted by molar-refractivity contribution is 5.19. The van der Waals surface area contributed by atoms with Crippen LogP contribution in [0.2, 0.25) is 0 Å². The number of rotatable bonds is 7. The van der Waals surface area contributed by atoms with Crippen LogP contribution in [0.1, 0.15) is 36.8 Å². The van der Waals surface area contributed by atoms with Crippen molar-refractivity contribution in [3.8, 4) is 0 Å². The van der Waals surface area contributed by atoms with Gasteiger partial charge in [-0.25, -0.2) is 0 Å². The Morgan fingerprint density at radius 3 is 2.94 bits per heavy atom. The third-order valence-electron chi connectivity index (χ3n) is 3.40. The van der Waals surface area contributed by atoms with Crippen LogP contribution in [-0.4, -0.2) is 26.8 Å². The van der Waals surface area contributed by atoms with Gasteiger partial charge < -0.3 is 20.2 Å². The molecule has 0 amide bonds. The van der Waals surface area contributed by atoms with Gasteiger partial charge in [0, 0.05) is 26.1 Å². The van der Waals surface area contributed by atoms with Crippen LogP contribution in [0.4, 0.5) is 0 Å². The van der Waals surface area contributed by atoms with Gasteiger partial charge in [0.1, 0.15) is 11.5 Å². The number of ether oxygens (including phenoxy) is 1. The lowest BCUT2D eigenvalue weighted by molar-refractivity contribution is 0.194. The summed E-state index contributed by atoms with van der Waals surface area (Å²) in [5.74, 6) is 3.45. The molecule has 1 aliphatic carbocycles. The number of methoxy groups -OCH3 is 1. The lowest BCUT2D eigenvalue weighted by atomic mass is 10.2. The number of furan rings is 1. The van der Waals surface area contributed by atoms with Crippen molar-refractivity contribution in [3.05, 3.63) is 23.7 Å². The quantitative estimate of drug-likeness (QED) is 0.709. The lowest BCUT2D eigenvalue weighted by Crippen LogP contribution is -2.30. The highest BCUT2D eigenvalue weighted by Crippen LogP contribution is 2.47. The molecule has 1 aromatic rings. The predicted molar refractivity (Wildman–Crippen MR) is 66.9 cm³/mol. The Bertz CT molecular complexity index is 351. The molecule has 0 radical (unpaired) electrons. The first-order chi connectivity index (χ1) is 8.26. The fourth-order valence-electron chi connectivity index (χ4n) is 2.11. The Morgan fingerprint density at radius 1 is 1.59 bits per heavy atom. The van der Waals surface area contributed by atoms with E-state index < -0.39 is 0 Å². The van der Waals surface area contributed by atoms with Gasteiger partial charge in [0.15, 0.2) is 0 Å². The molecule has 3 atom stereocenters. The van der Waals surface area contributed by atoms with Crippen molar-refractivity contribution in [2.45, 2.75) is 25.3 Å². The molecular formula is C13H22N2O2. The Labute approximate surface area is 103 Å². The minimum absolute atomic E-state index is 0.0907. The van der Waals surface area contributed by atoms with Crippen LogP contribution in [0, 0.1) is 5.92 Å². The van der Waals surface area contributed by atoms with E-state index >= 15 is 0 Å². The number of hydrogen-bond donors (Lipinski definition) is 2. The van der Waals surface area contributed by atoms with Crippen molar-refractivity contribution < 1.29 is 9.15 Å². The molecule has 3 unspecified atom stereocenters. The minimum Gasteiger partial charge on any atom is -0.464 e. The van der Waals surface area contributed by atoms with Crippen LogP contribution in [0.3, 0.4) is 0 Å². The molecule has 96 valence electrons. The van der Waals surface area contributed by atoms with Crippen molar-refractivity contribution in [2.75, 3.05) is 26.8 Å². The van der Waals surface area contributed by atoms with Crippen molar-refractivity contribution in [1.29, 1.82) is 0 Å². The molecule has 0 aromatic carbocycles. The second-order valence-corrected chi connectivity index (χ2v) is 4.79. The zero-order valence-electron chi connectivity index (χ0n) is 10.6. The van der Waals surface area contributed by atoms with E-state index in [9.17, 15) is 0 Å². The zero-order chi connectivity index (χ0) is 12.3. The van der Waals surface area contributed by atoms with Gasteiger partial charge in [-0.1, -0.05) is 6.92 Å². The molecule has 2 rings (SSSR count). The minimum atomic E-state index is 0.0907. The molecule has 1 fully saturated rings. The number of hydrogen-bond acceptors (Lipinski definition) is 4. The summed E-state index contributed by atoms with van der Waals surface area (Å²) in [6, 6.07) is 4.22. The van der Waals surface area contributed by atoms with Gasteiger partial charge in [0.25, 0.3) is 0 Å². The third-order valence-corrected chi connectivity index (χ3v) is 3.40. The van der Waals surface area contributed by atoms with Crippen LogP contribution < -0.4 is 11.1 Å². The Hall–Kier alpha value is -0.840. The molecule has 0 aliphatic heterocycles. The molecule has 4 nitrogen and oxygen atoms in total.